The van der Waals surface area contributed by atoms with Gasteiger partial charge in [-0.05, 0) is 28.7 Å². The third kappa shape index (κ3) is 1.87. The molecule has 0 bridgehead atoms. The molecule has 9 heavy (non-hydrogen) atoms. The third-order valence-corrected chi connectivity index (χ3v) is 1.49. The topological polar surface area (TPSA) is 51.8 Å². The second-order valence-electron chi connectivity index (χ2n) is 1.54. The molecule has 1 heterocycles. The largest absolute Gasteiger partial charge is 0.325 e. The van der Waals surface area contributed by atoms with Crippen molar-refractivity contribution >= 4 is 22.6 Å². The molecule has 0 aliphatic carbocycles. The Morgan fingerprint density at radius 2 is 2.33 bits per heavy atom. The molecule has 0 unspecified atom stereocenters. The predicted molar refractivity (Wildman–Crippen MR) is 42.6 cm³/mol. The van der Waals surface area contributed by atoms with Crippen molar-refractivity contribution in [3.05, 3.63) is 21.8 Å². The molecule has 1 aromatic rings. The zero-order valence-corrected chi connectivity index (χ0v) is 6.87. The zero-order chi connectivity index (χ0) is 6.69. The summed E-state index contributed by atoms with van der Waals surface area (Å²) in [6.07, 6.45) is 1.52. The summed E-state index contributed by atoms with van der Waals surface area (Å²) in [5.41, 5.74) is 6.21. The van der Waals surface area contributed by atoms with Crippen molar-refractivity contribution in [1.29, 1.82) is 0 Å². The van der Waals surface area contributed by atoms with Gasteiger partial charge in [0.25, 0.3) is 0 Å². The van der Waals surface area contributed by atoms with Gasteiger partial charge in [0.1, 0.15) is 10.0 Å². The number of hydrogen-bond donors (Lipinski definition) is 1. The molecular formula is C5H6IN3. The van der Waals surface area contributed by atoms with Gasteiger partial charge < -0.3 is 5.73 Å². The number of hydrogen-bond acceptors (Lipinski definition) is 3. The molecule has 0 atom stereocenters. The highest BCUT2D eigenvalue weighted by Gasteiger charge is 1.90. The van der Waals surface area contributed by atoms with E-state index in [1.807, 2.05) is 6.07 Å². The molecule has 0 fully saturated rings. The molecule has 0 saturated heterocycles. The molecule has 4 heteroatoms. The minimum atomic E-state index is 0.485. The summed E-state index contributed by atoms with van der Waals surface area (Å²) in [4.78, 5) is 7.82. The maximum Gasteiger partial charge on any atom is 0.116 e. The van der Waals surface area contributed by atoms with E-state index in [4.69, 9.17) is 5.73 Å². The maximum absolute atomic E-state index is 5.33. The van der Waals surface area contributed by atoms with Crippen LogP contribution in [0.4, 0.5) is 0 Å². The fourth-order valence-electron chi connectivity index (χ4n) is 0.482. The van der Waals surface area contributed by atoms with Crippen LogP contribution in [0.2, 0.25) is 0 Å². The number of aromatic nitrogens is 2. The van der Waals surface area contributed by atoms with Crippen LogP contribution in [0.15, 0.2) is 12.4 Å². The molecule has 0 saturated carbocycles. The molecule has 0 aliphatic heterocycles. The van der Waals surface area contributed by atoms with E-state index in [1.165, 1.54) is 6.33 Å². The first-order valence-corrected chi connectivity index (χ1v) is 3.57. The smallest absolute Gasteiger partial charge is 0.116 e. The molecule has 48 valence electrons. The van der Waals surface area contributed by atoms with Crippen LogP contribution in [0.5, 0.6) is 0 Å². The van der Waals surface area contributed by atoms with Crippen LogP contribution < -0.4 is 5.73 Å². The Bertz CT molecular complexity index is 201. The normalized spacial score (nSPS) is 9.56. The third-order valence-electron chi connectivity index (χ3n) is 0.899. The maximum atomic E-state index is 5.33. The van der Waals surface area contributed by atoms with Crippen LogP contribution in [0.1, 0.15) is 5.69 Å². The molecule has 0 spiro atoms. The highest BCUT2D eigenvalue weighted by Crippen LogP contribution is 1.99. The van der Waals surface area contributed by atoms with Gasteiger partial charge in [0.2, 0.25) is 0 Å². The van der Waals surface area contributed by atoms with E-state index < -0.39 is 0 Å². The quantitative estimate of drug-likeness (QED) is 0.570. The molecular weight excluding hydrogens is 229 g/mol. The van der Waals surface area contributed by atoms with Crippen molar-refractivity contribution in [2.24, 2.45) is 5.73 Å². The monoisotopic (exact) mass is 235 g/mol. The van der Waals surface area contributed by atoms with Gasteiger partial charge in [0, 0.05) is 6.54 Å². The van der Waals surface area contributed by atoms with E-state index >= 15 is 0 Å². The lowest BCUT2D eigenvalue weighted by Crippen LogP contribution is -2.00. The molecule has 0 aliphatic rings. The summed E-state index contributed by atoms with van der Waals surface area (Å²) in [5, 5.41) is 0. The fourth-order valence-corrected chi connectivity index (χ4v) is 0.966. The second-order valence-corrected chi connectivity index (χ2v) is 2.64. The Morgan fingerprint density at radius 1 is 1.56 bits per heavy atom. The molecule has 3 nitrogen and oxygen atoms in total. The van der Waals surface area contributed by atoms with Gasteiger partial charge in [-0.15, -0.1) is 0 Å². The van der Waals surface area contributed by atoms with Crippen LogP contribution in [0.3, 0.4) is 0 Å². The van der Waals surface area contributed by atoms with Gasteiger partial charge in [0.05, 0.1) is 5.69 Å². The van der Waals surface area contributed by atoms with E-state index in [0.29, 0.717) is 6.54 Å². The highest BCUT2D eigenvalue weighted by molar-refractivity contribution is 14.1. The van der Waals surface area contributed by atoms with Crippen LogP contribution >= 0.6 is 22.6 Å². The van der Waals surface area contributed by atoms with Crippen molar-refractivity contribution in [2.75, 3.05) is 0 Å². The Balaban J connectivity index is 2.94. The zero-order valence-electron chi connectivity index (χ0n) is 4.71. The van der Waals surface area contributed by atoms with Gasteiger partial charge in [0.15, 0.2) is 0 Å². The van der Waals surface area contributed by atoms with Crippen LogP contribution in [0, 0.1) is 3.70 Å². The lowest BCUT2D eigenvalue weighted by atomic mass is 10.4. The van der Waals surface area contributed by atoms with Crippen molar-refractivity contribution in [3.63, 3.8) is 0 Å². The van der Waals surface area contributed by atoms with Gasteiger partial charge >= 0.3 is 0 Å². The van der Waals surface area contributed by atoms with Crippen LogP contribution in [-0.4, -0.2) is 9.97 Å². The first kappa shape index (κ1) is 6.88. The molecule has 0 radical (unpaired) electrons. The van der Waals surface area contributed by atoms with E-state index in [2.05, 4.69) is 32.6 Å². The Labute approximate surface area is 66.8 Å². The molecule has 0 amide bonds. The summed E-state index contributed by atoms with van der Waals surface area (Å²) in [5.74, 6) is 0. The average Bonchev–Trinajstić information content (AvgIpc) is 1.88. The van der Waals surface area contributed by atoms with Crippen molar-refractivity contribution in [1.82, 2.24) is 9.97 Å². The summed E-state index contributed by atoms with van der Waals surface area (Å²) in [7, 11) is 0. The first-order valence-electron chi connectivity index (χ1n) is 2.49. The van der Waals surface area contributed by atoms with Crippen molar-refractivity contribution in [2.45, 2.75) is 6.54 Å². The number of halogens is 1. The van der Waals surface area contributed by atoms with Gasteiger partial charge in [-0.25, -0.2) is 9.97 Å². The van der Waals surface area contributed by atoms with E-state index in [-0.39, 0.29) is 0 Å². The van der Waals surface area contributed by atoms with E-state index in [0.717, 1.165) is 9.39 Å². The Morgan fingerprint density at radius 3 is 2.78 bits per heavy atom. The number of rotatable bonds is 1. The fraction of sp³-hybridized carbons (Fsp3) is 0.200. The van der Waals surface area contributed by atoms with E-state index in [1.54, 1.807) is 0 Å². The van der Waals surface area contributed by atoms with Gasteiger partial charge in [-0.1, -0.05) is 0 Å². The molecule has 0 aromatic carbocycles. The lowest BCUT2D eigenvalue weighted by molar-refractivity contribution is 0.954. The van der Waals surface area contributed by atoms with Gasteiger partial charge in [-0.2, -0.15) is 0 Å². The lowest BCUT2D eigenvalue weighted by Gasteiger charge is -1.92. The number of nitrogens with zero attached hydrogens (tertiary/aromatic N) is 2. The summed E-state index contributed by atoms with van der Waals surface area (Å²) in [6.45, 7) is 0.485. The van der Waals surface area contributed by atoms with Crippen LogP contribution in [0.25, 0.3) is 0 Å². The van der Waals surface area contributed by atoms with Crippen molar-refractivity contribution < 1.29 is 0 Å². The van der Waals surface area contributed by atoms with E-state index in [9.17, 15) is 0 Å². The molecule has 2 N–H and O–H groups in total. The minimum absolute atomic E-state index is 0.485. The Hall–Kier alpha value is -0.230. The average molecular weight is 235 g/mol. The Kier molecular flexibility index (Phi) is 2.35. The standard InChI is InChI=1S/C5H6IN3/c6-5-1-4(2-7)8-3-9-5/h1,3H,2,7H2. The van der Waals surface area contributed by atoms with Crippen LogP contribution in [-0.2, 0) is 6.54 Å². The SMILES string of the molecule is NCc1cc(I)ncn1. The first-order chi connectivity index (χ1) is 4.33. The highest BCUT2D eigenvalue weighted by atomic mass is 127. The predicted octanol–water partition coefficient (Wildman–Crippen LogP) is 0.540. The van der Waals surface area contributed by atoms with Gasteiger partial charge in [-0.3, -0.25) is 0 Å². The molecule has 1 rings (SSSR count). The molecule has 1 aromatic heterocycles. The second kappa shape index (κ2) is 3.07. The summed E-state index contributed by atoms with van der Waals surface area (Å²) < 4.78 is 0.933. The minimum Gasteiger partial charge on any atom is -0.325 e. The summed E-state index contributed by atoms with van der Waals surface area (Å²) >= 11 is 2.12. The van der Waals surface area contributed by atoms with Crippen molar-refractivity contribution in [3.8, 4) is 0 Å². The summed E-state index contributed by atoms with van der Waals surface area (Å²) in [6, 6.07) is 1.86. The number of nitrogens with two attached hydrogens (primary N) is 1.